The Bertz CT molecular complexity index is 1380. The number of aryl methyl sites for hydroxylation is 1. The molecule has 2 atom stereocenters. The molecule has 180 valence electrons. The Morgan fingerprint density at radius 3 is 2.74 bits per heavy atom. The van der Waals surface area contributed by atoms with Crippen molar-refractivity contribution in [3.05, 3.63) is 53.7 Å². The molecule has 7 nitrogen and oxygen atoms in total. The fourth-order valence-corrected chi connectivity index (χ4v) is 5.70. The summed E-state index contributed by atoms with van der Waals surface area (Å²) in [6.07, 6.45) is 3.21. The van der Waals surface area contributed by atoms with Crippen LogP contribution in [0.2, 0.25) is 0 Å². The highest BCUT2D eigenvalue weighted by Gasteiger charge is 2.34. The summed E-state index contributed by atoms with van der Waals surface area (Å²) in [6, 6.07) is 13.2. The summed E-state index contributed by atoms with van der Waals surface area (Å²) in [7, 11) is 1.68. The standard InChI is InChI=1S/C28H32N6O/c1-17-12-21-16-34(11-10-33(21)15-17)25-9-8-20(14-29-25)26-28-23(31-32-26)13-24(35-4)27(30-28)22-7-5-6-18(2)19(22)3/h5-9,13-14,17,21H,10-12,15-16H2,1-4H3,(H,31,32)/t17-,21+/m1/s1. The fourth-order valence-electron chi connectivity index (χ4n) is 5.70. The molecule has 6 rings (SSSR count). The van der Waals surface area contributed by atoms with Gasteiger partial charge in [0.2, 0.25) is 0 Å². The van der Waals surface area contributed by atoms with Crippen LogP contribution in [0.1, 0.15) is 24.5 Å². The Morgan fingerprint density at radius 2 is 1.94 bits per heavy atom. The molecule has 0 spiro atoms. The van der Waals surface area contributed by atoms with Crippen molar-refractivity contribution in [2.45, 2.75) is 33.2 Å². The first-order chi connectivity index (χ1) is 17.0. The number of fused-ring (bicyclic) bond motifs is 2. The van der Waals surface area contributed by atoms with E-state index in [2.05, 4.69) is 71.1 Å². The first kappa shape index (κ1) is 22.0. The monoisotopic (exact) mass is 468 g/mol. The lowest BCUT2D eigenvalue weighted by Crippen LogP contribution is -2.50. The van der Waals surface area contributed by atoms with Gasteiger partial charge in [-0.25, -0.2) is 9.97 Å². The normalized spacial score (nSPS) is 20.4. The second-order valence-corrected chi connectivity index (χ2v) is 10.1. The third-order valence-corrected chi connectivity index (χ3v) is 7.75. The topological polar surface area (TPSA) is 70.2 Å². The number of nitrogens with one attached hydrogen (secondary N) is 1. The van der Waals surface area contributed by atoms with Gasteiger partial charge in [0.1, 0.15) is 28.5 Å². The minimum absolute atomic E-state index is 0.651. The van der Waals surface area contributed by atoms with E-state index in [9.17, 15) is 0 Å². The van der Waals surface area contributed by atoms with E-state index in [0.717, 1.165) is 70.7 Å². The number of hydrogen-bond donors (Lipinski definition) is 1. The zero-order valence-electron chi connectivity index (χ0n) is 20.9. The van der Waals surface area contributed by atoms with E-state index in [0.29, 0.717) is 6.04 Å². The highest BCUT2D eigenvalue weighted by atomic mass is 16.5. The molecule has 2 aliphatic rings. The van der Waals surface area contributed by atoms with Gasteiger partial charge in [-0.15, -0.1) is 0 Å². The maximum absolute atomic E-state index is 5.71. The smallest absolute Gasteiger partial charge is 0.147 e. The number of H-pyrrole nitrogens is 1. The molecule has 1 aromatic carbocycles. The predicted molar refractivity (Wildman–Crippen MR) is 140 cm³/mol. The maximum atomic E-state index is 5.71. The number of benzene rings is 1. The quantitative estimate of drug-likeness (QED) is 0.462. The molecule has 1 N–H and O–H groups in total. The summed E-state index contributed by atoms with van der Waals surface area (Å²) < 4.78 is 5.71. The molecule has 3 aromatic heterocycles. The Hall–Kier alpha value is -3.45. The second-order valence-electron chi connectivity index (χ2n) is 10.1. The van der Waals surface area contributed by atoms with Gasteiger partial charge in [0, 0.05) is 55.6 Å². The number of ether oxygens (including phenoxy) is 1. The average Bonchev–Trinajstić information content (AvgIpc) is 3.46. The van der Waals surface area contributed by atoms with Gasteiger partial charge in [-0.1, -0.05) is 25.1 Å². The third-order valence-electron chi connectivity index (χ3n) is 7.75. The molecular formula is C28H32N6O. The van der Waals surface area contributed by atoms with E-state index >= 15 is 0 Å². The van der Waals surface area contributed by atoms with E-state index in [1.807, 2.05) is 12.3 Å². The van der Waals surface area contributed by atoms with Gasteiger partial charge in [0.05, 0.1) is 12.6 Å². The largest absolute Gasteiger partial charge is 0.494 e. The van der Waals surface area contributed by atoms with E-state index in [4.69, 9.17) is 14.7 Å². The second kappa shape index (κ2) is 8.64. The van der Waals surface area contributed by atoms with Gasteiger partial charge in [-0.05, 0) is 49.4 Å². The summed E-state index contributed by atoms with van der Waals surface area (Å²) >= 11 is 0. The molecule has 4 aromatic rings. The first-order valence-corrected chi connectivity index (χ1v) is 12.5. The summed E-state index contributed by atoms with van der Waals surface area (Å²) in [5.74, 6) is 2.57. The molecule has 0 bridgehead atoms. The zero-order valence-corrected chi connectivity index (χ0v) is 20.9. The summed E-state index contributed by atoms with van der Waals surface area (Å²) in [5.41, 5.74) is 7.77. The van der Waals surface area contributed by atoms with Gasteiger partial charge in [0.25, 0.3) is 0 Å². The molecule has 0 aliphatic carbocycles. The lowest BCUT2D eigenvalue weighted by atomic mass is 9.99. The van der Waals surface area contributed by atoms with E-state index in [1.54, 1.807) is 7.11 Å². The lowest BCUT2D eigenvalue weighted by molar-refractivity contribution is 0.228. The fraction of sp³-hybridized carbons (Fsp3) is 0.393. The van der Waals surface area contributed by atoms with E-state index < -0.39 is 0 Å². The molecular weight excluding hydrogens is 436 g/mol. The van der Waals surface area contributed by atoms with Gasteiger partial charge >= 0.3 is 0 Å². The summed E-state index contributed by atoms with van der Waals surface area (Å²) in [5, 5.41) is 7.74. The maximum Gasteiger partial charge on any atom is 0.147 e. The lowest BCUT2D eigenvalue weighted by Gasteiger charge is -2.38. The van der Waals surface area contributed by atoms with Crippen molar-refractivity contribution >= 4 is 16.9 Å². The molecule has 35 heavy (non-hydrogen) atoms. The number of methoxy groups -OCH3 is 1. The predicted octanol–water partition coefficient (Wildman–Crippen LogP) is 4.84. The number of aromatic amines is 1. The molecule has 7 heteroatoms. The van der Waals surface area contributed by atoms with Crippen molar-refractivity contribution in [3.8, 4) is 28.3 Å². The number of rotatable bonds is 4. The number of anilines is 1. The minimum atomic E-state index is 0.651. The molecule has 2 fully saturated rings. The van der Waals surface area contributed by atoms with Crippen molar-refractivity contribution in [3.63, 3.8) is 0 Å². The van der Waals surface area contributed by atoms with Gasteiger partial charge < -0.3 is 9.64 Å². The van der Waals surface area contributed by atoms with Gasteiger partial charge in [0.15, 0.2) is 0 Å². The van der Waals surface area contributed by atoms with E-state index in [-0.39, 0.29) is 0 Å². The summed E-state index contributed by atoms with van der Waals surface area (Å²) in [6.45, 7) is 11.0. The number of piperazine rings is 1. The Labute approximate surface area is 206 Å². The Morgan fingerprint density at radius 1 is 1.06 bits per heavy atom. The van der Waals surface area contributed by atoms with Crippen LogP contribution >= 0.6 is 0 Å². The van der Waals surface area contributed by atoms with Crippen LogP contribution in [0.5, 0.6) is 5.75 Å². The number of nitrogens with zero attached hydrogens (tertiary/aromatic N) is 5. The highest BCUT2D eigenvalue weighted by molar-refractivity contribution is 5.93. The average molecular weight is 469 g/mol. The van der Waals surface area contributed by atoms with Crippen molar-refractivity contribution in [1.82, 2.24) is 25.1 Å². The van der Waals surface area contributed by atoms with Crippen LogP contribution in [0.15, 0.2) is 42.6 Å². The first-order valence-electron chi connectivity index (χ1n) is 12.5. The Balaban J connectivity index is 1.33. The zero-order chi connectivity index (χ0) is 24.1. The highest BCUT2D eigenvalue weighted by Crippen LogP contribution is 2.36. The van der Waals surface area contributed by atoms with Crippen LogP contribution in [0.3, 0.4) is 0 Å². The van der Waals surface area contributed by atoms with Crippen LogP contribution in [-0.2, 0) is 0 Å². The van der Waals surface area contributed by atoms with Crippen molar-refractivity contribution in [1.29, 1.82) is 0 Å². The van der Waals surface area contributed by atoms with Crippen molar-refractivity contribution in [2.24, 2.45) is 5.92 Å². The molecule has 0 amide bonds. The SMILES string of the molecule is COc1cc2[nH]nc(-c3ccc(N4CCN5C[C@H](C)C[C@H]5C4)nc3)c2nc1-c1cccc(C)c1C. The van der Waals surface area contributed by atoms with E-state index in [1.165, 1.54) is 24.1 Å². The summed E-state index contributed by atoms with van der Waals surface area (Å²) in [4.78, 5) is 14.9. The molecule has 0 saturated carbocycles. The molecule has 0 unspecified atom stereocenters. The third kappa shape index (κ3) is 3.84. The van der Waals surface area contributed by atoms with Crippen molar-refractivity contribution < 1.29 is 4.74 Å². The molecule has 2 saturated heterocycles. The van der Waals surface area contributed by atoms with Gasteiger partial charge in [-0.3, -0.25) is 10.00 Å². The minimum Gasteiger partial charge on any atom is -0.494 e. The number of hydrogen-bond acceptors (Lipinski definition) is 6. The van der Waals surface area contributed by atoms with Crippen LogP contribution in [-0.4, -0.2) is 64.4 Å². The number of pyridine rings is 2. The van der Waals surface area contributed by atoms with Crippen molar-refractivity contribution in [2.75, 3.05) is 38.2 Å². The van der Waals surface area contributed by atoms with Crippen LogP contribution in [0.25, 0.3) is 33.5 Å². The number of aromatic nitrogens is 4. The molecule has 2 aliphatic heterocycles. The van der Waals surface area contributed by atoms with Crippen LogP contribution in [0.4, 0.5) is 5.82 Å². The van der Waals surface area contributed by atoms with Crippen LogP contribution in [0, 0.1) is 19.8 Å². The van der Waals surface area contributed by atoms with Gasteiger partial charge in [-0.2, -0.15) is 5.10 Å². The Kier molecular flexibility index (Phi) is 5.44. The molecule has 0 radical (unpaired) electrons. The molecule has 5 heterocycles. The van der Waals surface area contributed by atoms with Crippen LogP contribution < -0.4 is 9.64 Å².